The zero-order valence-electron chi connectivity index (χ0n) is 15.6. The first-order chi connectivity index (χ1) is 12.8. The molecule has 0 radical (unpaired) electrons. The summed E-state index contributed by atoms with van der Waals surface area (Å²) in [6, 6.07) is 16.4. The lowest BCUT2D eigenvalue weighted by molar-refractivity contribution is -0.116. The van der Waals surface area contributed by atoms with Gasteiger partial charge in [-0.1, -0.05) is 35.9 Å². The number of allylic oxidation sites excluding steroid dienone is 1. The van der Waals surface area contributed by atoms with E-state index in [4.69, 9.17) is 4.74 Å². The summed E-state index contributed by atoms with van der Waals surface area (Å²) in [6.07, 6.45) is 4.52. The molecule has 0 spiro atoms. The molecule has 0 bridgehead atoms. The molecule has 0 aliphatic rings. The van der Waals surface area contributed by atoms with Gasteiger partial charge in [-0.05, 0) is 49.6 Å². The van der Waals surface area contributed by atoms with Gasteiger partial charge in [0.15, 0.2) is 9.84 Å². The van der Waals surface area contributed by atoms with Crippen molar-refractivity contribution in [3.05, 3.63) is 71.8 Å². The molecule has 0 saturated carbocycles. The fourth-order valence-electron chi connectivity index (χ4n) is 2.46. The average Bonchev–Trinajstić information content (AvgIpc) is 2.64. The molecule has 6 heteroatoms. The maximum atomic E-state index is 11.9. The lowest BCUT2D eigenvalue weighted by Gasteiger charge is -2.08. The van der Waals surface area contributed by atoms with E-state index < -0.39 is 9.84 Å². The van der Waals surface area contributed by atoms with E-state index in [0.717, 1.165) is 24.7 Å². The van der Waals surface area contributed by atoms with Gasteiger partial charge in [0.2, 0.25) is 5.91 Å². The lowest BCUT2D eigenvalue weighted by atomic mass is 10.1. The van der Waals surface area contributed by atoms with Crippen molar-refractivity contribution in [2.75, 3.05) is 19.4 Å². The van der Waals surface area contributed by atoms with E-state index in [1.807, 2.05) is 25.1 Å². The minimum absolute atomic E-state index is 0.142. The summed E-state index contributed by atoms with van der Waals surface area (Å²) >= 11 is 0. The van der Waals surface area contributed by atoms with Gasteiger partial charge in [-0.3, -0.25) is 4.79 Å². The predicted octanol–water partition coefficient (Wildman–Crippen LogP) is 3.16. The Labute approximate surface area is 161 Å². The van der Waals surface area contributed by atoms with Gasteiger partial charge in [0.1, 0.15) is 12.4 Å². The third-order valence-corrected chi connectivity index (χ3v) is 5.08. The second kappa shape index (κ2) is 9.92. The molecule has 0 heterocycles. The number of nitrogens with one attached hydrogen (secondary N) is 1. The summed E-state index contributed by atoms with van der Waals surface area (Å²) in [6.45, 7) is 2.62. The molecule has 0 saturated heterocycles. The predicted molar refractivity (Wildman–Crippen MR) is 107 cm³/mol. The highest BCUT2D eigenvalue weighted by molar-refractivity contribution is 7.90. The highest BCUT2D eigenvalue weighted by atomic mass is 32.2. The molecular weight excluding hydrogens is 362 g/mol. The van der Waals surface area contributed by atoms with Crippen LogP contribution in [-0.2, 0) is 21.1 Å². The lowest BCUT2D eigenvalue weighted by Crippen LogP contribution is -2.26. The van der Waals surface area contributed by atoms with Crippen LogP contribution in [0.4, 0.5) is 0 Å². The van der Waals surface area contributed by atoms with E-state index in [1.54, 1.807) is 18.2 Å². The first-order valence-electron chi connectivity index (χ1n) is 8.76. The maximum absolute atomic E-state index is 11.9. The fourth-order valence-corrected chi connectivity index (χ4v) is 3.09. The number of ether oxygens (including phenoxy) is 1. The summed E-state index contributed by atoms with van der Waals surface area (Å²) in [4.78, 5) is 12.2. The Morgan fingerprint density at radius 2 is 1.74 bits per heavy atom. The minimum atomic E-state index is -3.21. The van der Waals surface area contributed by atoms with Crippen LogP contribution in [0.1, 0.15) is 18.9 Å². The molecule has 144 valence electrons. The van der Waals surface area contributed by atoms with E-state index in [0.29, 0.717) is 18.9 Å². The van der Waals surface area contributed by atoms with Crippen molar-refractivity contribution in [2.45, 2.75) is 24.7 Å². The molecule has 0 unspecified atom stereocenters. The molecule has 0 fully saturated rings. The number of benzene rings is 2. The fraction of sp³-hybridized carbons (Fsp3) is 0.286. The van der Waals surface area contributed by atoms with Gasteiger partial charge in [-0.25, -0.2) is 8.42 Å². The SMILES string of the molecule is C/C(=C\C(=O)NCCOc1ccc(S(C)(=O)=O)cc1)CCc1ccccc1. The topological polar surface area (TPSA) is 72.5 Å². The molecule has 0 aliphatic carbocycles. The number of amides is 1. The second-order valence-corrected chi connectivity index (χ2v) is 8.38. The summed E-state index contributed by atoms with van der Waals surface area (Å²) in [7, 11) is -3.21. The molecule has 0 aromatic heterocycles. The average molecular weight is 388 g/mol. The zero-order chi connectivity index (χ0) is 19.7. The second-order valence-electron chi connectivity index (χ2n) is 6.36. The van der Waals surface area contributed by atoms with Gasteiger partial charge >= 0.3 is 0 Å². The van der Waals surface area contributed by atoms with E-state index in [-0.39, 0.29) is 10.8 Å². The Morgan fingerprint density at radius 1 is 1.07 bits per heavy atom. The van der Waals surface area contributed by atoms with Crippen molar-refractivity contribution in [3.8, 4) is 5.75 Å². The molecule has 1 amide bonds. The monoisotopic (exact) mass is 387 g/mol. The summed E-state index contributed by atoms with van der Waals surface area (Å²) < 4.78 is 28.3. The Morgan fingerprint density at radius 3 is 2.37 bits per heavy atom. The van der Waals surface area contributed by atoms with Crippen molar-refractivity contribution in [1.82, 2.24) is 5.32 Å². The number of hydrogen-bond acceptors (Lipinski definition) is 4. The molecule has 27 heavy (non-hydrogen) atoms. The van der Waals surface area contributed by atoms with Crippen LogP contribution in [0, 0.1) is 0 Å². The van der Waals surface area contributed by atoms with Gasteiger partial charge in [0.25, 0.3) is 0 Å². The van der Waals surface area contributed by atoms with Gasteiger partial charge in [0, 0.05) is 12.3 Å². The van der Waals surface area contributed by atoms with Gasteiger partial charge in [-0.2, -0.15) is 0 Å². The van der Waals surface area contributed by atoms with Crippen molar-refractivity contribution in [2.24, 2.45) is 0 Å². The zero-order valence-corrected chi connectivity index (χ0v) is 16.5. The Hall–Kier alpha value is -2.60. The summed E-state index contributed by atoms with van der Waals surface area (Å²) in [5, 5.41) is 2.78. The summed E-state index contributed by atoms with van der Waals surface area (Å²) in [5.41, 5.74) is 2.27. The third kappa shape index (κ3) is 7.66. The van der Waals surface area contributed by atoms with Crippen LogP contribution in [0.2, 0.25) is 0 Å². The van der Waals surface area contributed by atoms with Gasteiger partial charge in [-0.15, -0.1) is 0 Å². The quantitative estimate of drug-likeness (QED) is 0.530. The number of rotatable bonds is 9. The van der Waals surface area contributed by atoms with E-state index in [1.165, 1.54) is 17.7 Å². The molecule has 0 aliphatic heterocycles. The standard InChI is InChI=1S/C21H25NO4S/c1-17(8-9-18-6-4-3-5-7-18)16-21(23)22-14-15-26-19-10-12-20(13-11-19)27(2,24)25/h3-7,10-13,16H,8-9,14-15H2,1-2H3,(H,22,23)/b17-16+. The first kappa shape index (κ1) is 20.7. The van der Waals surface area contributed by atoms with E-state index in [9.17, 15) is 13.2 Å². The van der Waals surface area contributed by atoms with Crippen molar-refractivity contribution < 1.29 is 17.9 Å². The Bertz CT molecular complexity index is 872. The van der Waals surface area contributed by atoms with E-state index in [2.05, 4.69) is 17.4 Å². The highest BCUT2D eigenvalue weighted by Crippen LogP contribution is 2.15. The van der Waals surface area contributed by atoms with Crippen LogP contribution in [0.25, 0.3) is 0 Å². The van der Waals surface area contributed by atoms with Crippen LogP contribution in [0.3, 0.4) is 0 Å². The Balaban J connectivity index is 1.69. The van der Waals surface area contributed by atoms with Gasteiger partial charge in [0.05, 0.1) is 11.4 Å². The van der Waals surface area contributed by atoms with Gasteiger partial charge < -0.3 is 10.1 Å². The Kier molecular flexibility index (Phi) is 7.61. The van der Waals surface area contributed by atoms with Crippen molar-refractivity contribution in [1.29, 1.82) is 0 Å². The van der Waals surface area contributed by atoms with Crippen molar-refractivity contribution >= 4 is 15.7 Å². The normalized spacial score (nSPS) is 11.9. The number of sulfone groups is 1. The van der Waals surface area contributed by atoms with Crippen LogP contribution in [0.5, 0.6) is 5.75 Å². The van der Waals surface area contributed by atoms with Crippen LogP contribution < -0.4 is 10.1 Å². The van der Waals surface area contributed by atoms with Crippen LogP contribution in [-0.4, -0.2) is 33.7 Å². The molecule has 0 atom stereocenters. The van der Waals surface area contributed by atoms with Crippen molar-refractivity contribution in [3.63, 3.8) is 0 Å². The van der Waals surface area contributed by atoms with Crippen LogP contribution in [0.15, 0.2) is 71.1 Å². The number of carbonyl (C=O) groups excluding carboxylic acids is 1. The molecule has 2 aromatic carbocycles. The maximum Gasteiger partial charge on any atom is 0.244 e. The first-order valence-corrected chi connectivity index (χ1v) is 10.7. The molecule has 2 aromatic rings. The molecule has 1 N–H and O–H groups in total. The smallest absolute Gasteiger partial charge is 0.244 e. The third-order valence-electron chi connectivity index (χ3n) is 3.95. The highest BCUT2D eigenvalue weighted by Gasteiger charge is 2.06. The molecule has 2 rings (SSSR count). The van der Waals surface area contributed by atoms with Crippen LogP contribution >= 0.6 is 0 Å². The molecular formula is C21H25NO4S. The summed E-state index contributed by atoms with van der Waals surface area (Å²) in [5.74, 6) is 0.419. The molecule has 5 nitrogen and oxygen atoms in total. The largest absolute Gasteiger partial charge is 0.492 e. The number of aryl methyl sites for hydroxylation is 1. The van der Waals surface area contributed by atoms with E-state index >= 15 is 0 Å². The number of hydrogen-bond donors (Lipinski definition) is 1. The number of carbonyl (C=O) groups is 1. The minimum Gasteiger partial charge on any atom is -0.492 e.